The predicted molar refractivity (Wildman–Crippen MR) is 98.1 cm³/mol. The zero-order valence-electron chi connectivity index (χ0n) is 14.1. The van der Waals surface area contributed by atoms with Gasteiger partial charge >= 0.3 is 0 Å². The molecule has 0 aliphatic rings. The fraction of sp³-hybridized carbons (Fsp3) is 0.211. The summed E-state index contributed by atoms with van der Waals surface area (Å²) in [7, 11) is 1.81. The lowest BCUT2D eigenvalue weighted by Crippen LogP contribution is -2.31. The second kappa shape index (κ2) is 7.98. The highest BCUT2D eigenvalue weighted by molar-refractivity contribution is 7.99. The molecular formula is C19H19N3O2S. The molecule has 5 nitrogen and oxygen atoms in total. The van der Waals surface area contributed by atoms with Crippen LogP contribution in [0.1, 0.15) is 18.5 Å². The van der Waals surface area contributed by atoms with Crippen LogP contribution in [0, 0.1) is 0 Å². The van der Waals surface area contributed by atoms with Crippen molar-refractivity contribution in [1.29, 1.82) is 0 Å². The van der Waals surface area contributed by atoms with Crippen LogP contribution in [0.4, 0.5) is 0 Å². The van der Waals surface area contributed by atoms with Crippen molar-refractivity contribution < 1.29 is 9.21 Å². The van der Waals surface area contributed by atoms with Gasteiger partial charge in [-0.2, -0.15) is 0 Å². The molecule has 3 rings (SSSR count). The van der Waals surface area contributed by atoms with Gasteiger partial charge in [-0.05, 0) is 24.6 Å². The molecular weight excluding hydrogens is 334 g/mol. The maximum Gasteiger partial charge on any atom is 0.277 e. The van der Waals surface area contributed by atoms with Crippen LogP contribution in [0.15, 0.2) is 70.3 Å². The molecule has 1 unspecified atom stereocenters. The van der Waals surface area contributed by atoms with E-state index >= 15 is 0 Å². The van der Waals surface area contributed by atoms with Crippen molar-refractivity contribution in [1.82, 2.24) is 15.1 Å². The van der Waals surface area contributed by atoms with Crippen molar-refractivity contribution in [3.05, 3.63) is 66.2 Å². The van der Waals surface area contributed by atoms with Crippen molar-refractivity contribution in [3.8, 4) is 11.5 Å². The van der Waals surface area contributed by atoms with Crippen LogP contribution in [0.3, 0.4) is 0 Å². The first-order valence-electron chi connectivity index (χ1n) is 7.97. The van der Waals surface area contributed by atoms with Crippen LogP contribution in [-0.4, -0.2) is 33.8 Å². The van der Waals surface area contributed by atoms with Gasteiger partial charge in [0.25, 0.3) is 5.22 Å². The second-order valence-electron chi connectivity index (χ2n) is 5.62. The van der Waals surface area contributed by atoms with E-state index in [-0.39, 0.29) is 17.7 Å². The summed E-state index contributed by atoms with van der Waals surface area (Å²) in [6, 6.07) is 19.5. The van der Waals surface area contributed by atoms with Crippen molar-refractivity contribution in [2.45, 2.75) is 18.2 Å². The lowest BCUT2D eigenvalue weighted by Gasteiger charge is -2.25. The first-order chi connectivity index (χ1) is 12.1. The Morgan fingerprint density at radius 2 is 1.72 bits per heavy atom. The van der Waals surface area contributed by atoms with Crippen LogP contribution >= 0.6 is 11.8 Å². The fourth-order valence-corrected chi connectivity index (χ4v) is 3.05. The molecule has 0 aliphatic heterocycles. The third-order valence-electron chi connectivity index (χ3n) is 4.00. The summed E-state index contributed by atoms with van der Waals surface area (Å²) >= 11 is 1.25. The van der Waals surface area contributed by atoms with E-state index in [1.54, 1.807) is 4.90 Å². The third-order valence-corrected chi connectivity index (χ3v) is 4.81. The molecule has 0 radical (unpaired) electrons. The maximum absolute atomic E-state index is 12.4. The second-order valence-corrected chi connectivity index (χ2v) is 6.55. The zero-order valence-corrected chi connectivity index (χ0v) is 14.9. The Kier molecular flexibility index (Phi) is 5.50. The molecule has 0 aliphatic carbocycles. The fourth-order valence-electron chi connectivity index (χ4n) is 2.36. The van der Waals surface area contributed by atoms with E-state index < -0.39 is 0 Å². The highest BCUT2D eigenvalue weighted by atomic mass is 32.2. The minimum absolute atomic E-state index is 0.0110. The molecule has 1 amide bonds. The minimum atomic E-state index is 0.0110. The number of carbonyl (C=O) groups is 1. The summed E-state index contributed by atoms with van der Waals surface area (Å²) in [4.78, 5) is 14.2. The van der Waals surface area contributed by atoms with E-state index in [0.717, 1.165) is 11.1 Å². The van der Waals surface area contributed by atoms with Gasteiger partial charge in [0.2, 0.25) is 11.8 Å². The molecule has 25 heavy (non-hydrogen) atoms. The highest BCUT2D eigenvalue weighted by Gasteiger charge is 2.18. The van der Waals surface area contributed by atoms with E-state index in [4.69, 9.17) is 4.42 Å². The van der Waals surface area contributed by atoms with Gasteiger partial charge in [0, 0.05) is 12.6 Å². The van der Waals surface area contributed by atoms with Crippen molar-refractivity contribution in [2.24, 2.45) is 0 Å². The van der Waals surface area contributed by atoms with Gasteiger partial charge in [0.05, 0.1) is 11.8 Å². The highest BCUT2D eigenvalue weighted by Crippen LogP contribution is 2.24. The SMILES string of the molecule is CC(c1ccccc1)N(C)C(=O)CSc1nnc(-c2ccccc2)o1. The predicted octanol–water partition coefficient (Wildman–Crippen LogP) is 4.05. The molecule has 0 bridgehead atoms. The van der Waals surface area contributed by atoms with Crippen molar-refractivity contribution >= 4 is 17.7 Å². The lowest BCUT2D eigenvalue weighted by molar-refractivity contribution is -0.128. The van der Waals surface area contributed by atoms with Gasteiger partial charge in [0.1, 0.15) is 0 Å². The van der Waals surface area contributed by atoms with Crippen LogP contribution < -0.4 is 0 Å². The van der Waals surface area contributed by atoms with Gasteiger partial charge in [-0.15, -0.1) is 10.2 Å². The molecule has 3 aromatic rings. The summed E-state index contributed by atoms with van der Waals surface area (Å²) in [5.74, 6) is 0.728. The van der Waals surface area contributed by atoms with E-state index in [9.17, 15) is 4.79 Å². The molecule has 1 atom stereocenters. The largest absolute Gasteiger partial charge is 0.411 e. The van der Waals surface area contributed by atoms with E-state index in [1.807, 2.05) is 74.6 Å². The van der Waals surface area contributed by atoms with Crippen molar-refractivity contribution in [3.63, 3.8) is 0 Å². The molecule has 0 spiro atoms. The number of benzene rings is 2. The number of hydrogen-bond acceptors (Lipinski definition) is 5. The Bertz CT molecular complexity index is 821. The normalized spacial score (nSPS) is 11.9. The van der Waals surface area contributed by atoms with Gasteiger partial charge in [-0.3, -0.25) is 4.79 Å². The van der Waals surface area contributed by atoms with Gasteiger partial charge in [-0.25, -0.2) is 0 Å². The molecule has 0 saturated carbocycles. The molecule has 128 valence electrons. The summed E-state index contributed by atoms with van der Waals surface area (Å²) in [6.45, 7) is 2.01. The summed E-state index contributed by atoms with van der Waals surface area (Å²) in [5, 5.41) is 8.43. The Morgan fingerprint density at radius 1 is 1.08 bits per heavy atom. The first kappa shape index (κ1) is 17.2. The van der Waals surface area contributed by atoms with Gasteiger partial charge < -0.3 is 9.32 Å². The molecule has 1 aromatic heterocycles. The molecule has 6 heteroatoms. The van der Waals surface area contributed by atoms with Crippen LogP contribution in [0.25, 0.3) is 11.5 Å². The number of hydrogen-bond donors (Lipinski definition) is 0. The Hall–Kier alpha value is -2.60. The van der Waals surface area contributed by atoms with E-state index in [0.29, 0.717) is 11.1 Å². The zero-order chi connectivity index (χ0) is 17.6. The summed E-state index contributed by atoms with van der Waals surface area (Å²) in [5.41, 5.74) is 1.97. The maximum atomic E-state index is 12.4. The third kappa shape index (κ3) is 4.28. The lowest BCUT2D eigenvalue weighted by atomic mass is 10.1. The first-order valence-corrected chi connectivity index (χ1v) is 8.96. The van der Waals surface area contributed by atoms with Crippen LogP contribution in [0.5, 0.6) is 0 Å². The van der Waals surface area contributed by atoms with Crippen molar-refractivity contribution in [2.75, 3.05) is 12.8 Å². The molecule has 0 fully saturated rings. The number of thioether (sulfide) groups is 1. The van der Waals surface area contributed by atoms with Crippen LogP contribution in [0.2, 0.25) is 0 Å². The molecule has 0 saturated heterocycles. The topological polar surface area (TPSA) is 59.2 Å². The number of nitrogens with zero attached hydrogens (tertiary/aromatic N) is 3. The molecule has 1 heterocycles. The summed E-state index contributed by atoms with van der Waals surface area (Å²) in [6.07, 6.45) is 0. The minimum Gasteiger partial charge on any atom is -0.411 e. The van der Waals surface area contributed by atoms with E-state index in [1.165, 1.54) is 11.8 Å². The summed E-state index contributed by atoms with van der Waals surface area (Å²) < 4.78 is 5.61. The van der Waals surface area contributed by atoms with Crippen LogP contribution in [-0.2, 0) is 4.79 Å². The quantitative estimate of drug-likeness (QED) is 0.626. The number of rotatable bonds is 6. The Labute approximate surface area is 151 Å². The van der Waals surface area contributed by atoms with Gasteiger partial charge in [-0.1, -0.05) is 60.3 Å². The average Bonchev–Trinajstić information content (AvgIpc) is 3.15. The Morgan fingerprint density at radius 3 is 2.40 bits per heavy atom. The average molecular weight is 353 g/mol. The Balaban J connectivity index is 1.58. The number of carbonyl (C=O) groups excluding carboxylic acids is 1. The smallest absolute Gasteiger partial charge is 0.277 e. The molecule has 2 aromatic carbocycles. The van der Waals surface area contributed by atoms with E-state index in [2.05, 4.69) is 10.2 Å². The monoisotopic (exact) mass is 353 g/mol. The molecule has 0 N–H and O–H groups in total. The standard InChI is InChI=1S/C19H19N3O2S/c1-14(15-9-5-3-6-10-15)22(2)17(23)13-25-19-21-20-18(24-19)16-11-7-4-8-12-16/h3-12,14H,13H2,1-2H3. The number of amides is 1. The van der Waals surface area contributed by atoms with Gasteiger partial charge in [0.15, 0.2) is 0 Å². The number of aromatic nitrogens is 2.